The molecule has 0 amide bonds. The highest BCUT2D eigenvalue weighted by Gasteiger charge is 2.16. The molecule has 1 aromatic carbocycles. The molecule has 3 heterocycles. The second-order valence-corrected chi connectivity index (χ2v) is 7.56. The Morgan fingerprint density at radius 2 is 2.14 bits per heavy atom. The van der Waals surface area contributed by atoms with Crippen LogP contribution < -0.4 is 20.1 Å². The van der Waals surface area contributed by atoms with Crippen molar-refractivity contribution in [2.24, 2.45) is 0 Å². The Morgan fingerprint density at radius 1 is 1.25 bits per heavy atom. The highest BCUT2D eigenvalue weighted by Crippen LogP contribution is 2.28. The zero-order valence-corrected chi connectivity index (χ0v) is 16.8. The van der Waals surface area contributed by atoms with Gasteiger partial charge in [0.2, 0.25) is 0 Å². The highest BCUT2D eigenvalue weighted by molar-refractivity contribution is 7.14. The lowest BCUT2D eigenvalue weighted by Gasteiger charge is -2.09. The molecule has 0 spiro atoms. The van der Waals surface area contributed by atoms with Crippen molar-refractivity contribution in [2.45, 2.75) is 32.0 Å². The van der Waals surface area contributed by atoms with E-state index in [9.17, 15) is 0 Å². The number of thiazole rings is 1. The topological polar surface area (TPSA) is 86.1 Å². The van der Waals surface area contributed by atoms with Crippen LogP contribution in [-0.2, 0) is 13.1 Å². The maximum Gasteiger partial charge on any atom is 0.183 e. The molecule has 3 aromatic rings. The lowest BCUT2D eigenvalue weighted by molar-refractivity contribution is 0.354. The molecule has 1 aliphatic rings. The number of anilines is 1. The van der Waals surface area contributed by atoms with Gasteiger partial charge < -0.3 is 20.1 Å². The molecule has 1 saturated heterocycles. The fourth-order valence-electron chi connectivity index (χ4n) is 3.28. The van der Waals surface area contributed by atoms with Gasteiger partial charge in [-0.1, -0.05) is 11.3 Å². The molecule has 1 fully saturated rings. The first-order valence-electron chi connectivity index (χ1n) is 9.29. The van der Waals surface area contributed by atoms with Crippen LogP contribution >= 0.6 is 11.3 Å². The minimum absolute atomic E-state index is 0.490. The summed E-state index contributed by atoms with van der Waals surface area (Å²) in [5.74, 6) is 1.44. The van der Waals surface area contributed by atoms with Gasteiger partial charge in [0.1, 0.15) is 11.4 Å². The van der Waals surface area contributed by atoms with Crippen LogP contribution in [0.2, 0.25) is 0 Å². The summed E-state index contributed by atoms with van der Waals surface area (Å²) in [4.78, 5) is 4.64. The molecule has 0 unspecified atom stereocenters. The Labute approximate surface area is 167 Å². The number of methoxy groups -OCH3 is 2. The van der Waals surface area contributed by atoms with Gasteiger partial charge in [0.05, 0.1) is 27.0 Å². The molecule has 1 aliphatic heterocycles. The maximum absolute atomic E-state index is 5.35. The zero-order chi connectivity index (χ0) is 19.3. The maximum atomic E-state index is 5.35. The summed E-state index contributed by atoms with van der Waals surface area (Å²) >= 11 is 1.56. The van der Waals surface area contributed by atoms with Crippen molar-refractivity contribution in [3.8, 4) is 22.9 Å². The molecule has 0 saturated carbocycles. The normalized spacial score (nSPS) is 16.3. The van der Waals surface area contributed by atoms with E-state index in [4.69, 9.17) is 9.47 Å². The van der Waals surface area contributed by atoms with Gasteiger partial charge in [-0.3, -0.25) is 4.68 Å². The first-order valence-corrected chi connectivity index (χ1v) is 10.2. The van der Waals surface area contributed by atoms with E-state index >= 15 is 0 Å². The second kappa shape index (κ2) is 8.57. The minimum Gasteiger partial charge on any atom is -0.493 e. The summed E-state index contributed by atoms with van der Waals surface area (Å²) in [7, 11) is 3.27. The number of nitrogens with zero attached hydrogens (tertiary/aromatic N) is 4. The number of hydrogen-bond acceptors (Lipinski definition) is 8. The average molecular weight is 401 g/mol. The summed E-state index contributed by atoms with van der Waals surface area (Å²) in [6, 6.07) is 6.36. The number of benzene rings is 1. The van der Waals surface area contributed by atoms with Crippen LogP contribution in [0.15, 0.2) is 29.8 Å². The van der Waals surface area contributed by atoms with Gasteiger partial charge in [0.15, 0.2) is 16.6 Å². The number of rotatable bonds is 8. The van der Waals surface area contributed by atoms with Gasteiger partial charge in [-0.2, -0.15) is 0 Å². The zero-order valence-electron chi connectivity index (χ0n) is 16.0. The van der Waals surface area contributed by atoms with Gasteiger partial charge in [-0.15, -0.1) is 16.4 Å². The largest absolute Gasteiger partial charge is 0.493 e. The SMILES string of the molecule is COc1ccc(CNc2nc(-c3cn(C[C@H]4CCCN4)nn3)cs2)cc1OC. The number of hydrogen-bond donors (Lipinski definition) is 2. The standard InChI is InChI=1S/C19H24N6O2S/c1-26-17-6-5-13(8-18(17)27-2)9-21-19-22-16(12-28-19)15-11-25(24-23-15)10-14-4-3-7-20-14/h5-6,8,11-12,14,20H,3-4,7,9-10H2,1-2H3,(H,21,22)/t14-/m1/s1. The van der Waals surface area contributed by atoms with Crippen molar-refractivity contribution >= 4 is 16.5 Å². The molecule has 8 nitrogen and oxygen atoms in total. The molecule has 0 bridgehead atoms. The van der Waals surface area contributed by atoms with Crippen molar-refractivity contribution < 1.29 is 9.47 Å². The van der Waals surface area contributed by atoms with E-state index < -0.39 is 0 Å². The molecule has 2 N–H and O–H groups in total. The average Bonchev–Trinajstić information content (AvgIpc) is 3.48. The van der Waals surface area contributed by atoms with Crippen LogP contribution in [-0.4, -0.2) is 46.8 Å². The quantitative estimate of drug-likeness (QED) is 0.601. The van der Waals surface area contributed by atoms with Crippen LogP contribution in [0.5, 0.6) is 11.5 Å². The summed E-state index contributed by atoms with van der Waals surface area (Å²) in [5, 5.41) is 18.2. The van der Waals surface area contributed by atoms with Crippen molar-refractivity contribution in [1.82, 2.24) is 25.3 Å². The van der Waals surface area contributed by atoms with Crippen molar-refractivity contribution in [3.05, 3.63) is 35.3 Å². The van der Waals surface area contributed by atoms with Gasteiger partial charge in [0, 0.05) is 18.0 Å². The van der Waals surface area contributed by atoms with Gasteiger partial charge in [-0.05, 0) is 37.1 Å². The summed E-state index contributed by atoms with van der Waals surface area (Å²) in [6.07, 6.45) is 4.39. The fourth-order valence-corrected chi connectivity index (χ4v) is 3.99. The molecule has 9 heteroatoms. The van der Waals surface area contributed by atoms with E-state index in [1.165, 1.54) is 12.8 Å². The lowest BCUT2D eigenvalue weighted by atomic mass is 10.2. The van der Waals surface area contributed by atoms with E-state index in [2.05, 4.69) is 25.9 Å². The van der Waals surface area contributed by atoms with E-state index in [0.29, 0.717) is 12.6 Å². The summed E-state index contributed by atoms with van der Waals surface area (Å²) < 4.78 is 12.5. The van der Waals surface area contributed by atoms with E-state index in [1.54, 1.807) is 25.6 Å². The van der Waals surface area contributed by atoms with Gasteiger partial charge in [0.25, 0.3) is 0 Å². The van der Waals surface area contributed by atoms with Crippen LogP contribution in [0.3, 0.4) is 0 Å². The predicted octanol–water partition coefficient (Wildman–Crippen LogP) is 2.78. The Kier molecular flexibility index (Phi) is 5.73. The smallest absolute Gasteiger partial charge is 0.183 e. The molecule has 28 heavy (non-hydrogen) atoms. The Bertz CT molecular complexity index is 919. The molecule has 0 radical (unpaired) electrons. The Hall–Kier alpha value is -2.65. The highest BCUT2D eigenvalue weighted by atomic mass is 32.1. The third kappa shape index (κ3) is 4.26. The van der Waals surface area contributed by atoms with E-state index in [-0.39, 0.29) is 0 Å². The summed E-state index contributed by atoms with van der Waals surface area (Å²) in [5.41, 5.74) is 2.73. The van der Waals surface area contributed by atoms with Gasteiger partial charge >= 0.3 is 0 Å². The number of nitrogens with one attached hydrogen (secondary N) is 2. The molecular weight excluding hydrogens is 376 g/mol. The van der Waals surface area contributed by atoms with Crippen molar-refractivity contribution in [2.75, 3.05) is 26.1 Å². The minimum atomic E-state index is 0.490. The molecule has 2 aromatic heterocycles. The molecule has 0 aliphatic carbocycles. The summed E-state index contributed by atoms with van der Waals surface area (Å²) in [6.45, 7) is 2.59. The molecule has 1 atom stereocenters. The van der Waals surface area contributed by atoms with Gasteiger partial charge in [-0.25, -0.2) is 4.98 Å². The molecular formula is C19H24N6O2S. The van der Waals surface area contributed by atoms with Crippen molar-refractivity contribution in [3.63, 3.8) is 0 Å². The first-order chi connectivity index (χ1) is 13.7. The van der Waals surface area contributed by atoms with E-state index in [1.807, 2.05) is 34.5 Å². The lowest BCUT2D eigenvalue weighted by Crippen LogP contribution is -2.26. The number of ether oxygens (including phenoxy) is 2. The predicted molar refractivity (Wildman–Crippen MR) is 109 cm³/mol. The number of aromatic nitrogens is 4. The Balaban J connectivity index is 1.37. The molecule has 4 rings (SSSR count). The van der Waals surface area contributed by atoms with Crippen LogP contribution in [0.4, 0.5) is 5.13 Å². The fraction of sp³-hybridized carbons (Fsp3) is 0.421. The second-order valence-electron chi connectivity index (χ2n) is 6.70. The third-order valence-corrected chi connectivity index (χ3v) is 5.57. The van der Waals surface area contributed by atoms with Crippen molar-refractivity contribution in [1.29, 1.82) is 0 Å². The van der Waals surface area contributed by atoms with Crippen LogP contribution in [0.1, 0.15) is 18.4 Å². The Morgan fingerprint density at radius 3 is 2.93 bits per heavy atom. The van der Waals surface area contributed by atoms with Crippen LogP contribution in [0, 0.1) is 0 Å². The third-order valence-electron chi connectivity index (χ3n) is 4.77. The van der Waals surface area contributed by atoms with E-state index in [0.717, 1.165) is 46.7 Å². The van der Waals surface area contributed by atoms with Crippen LogP contribution in [0.25, 0.3) is 11.4 Å². The molecule has 148 valence electrons. The monoisotopic (exact) mass is 400 g/mol. The first kappa shape index (κ1) is 18.7.